The number of hydrogen-bond acceptors (Lipinski definition) is 5. The number of H-pyrrole nitrogens is 1. The fraction of sp³-hybridized carbons (Fsp3) is 0.0476. The summed E-state index contributed by atoms with van der Waals surface area (Å²) in [7, 11) is -3.81. The Labute approximate surface area is 191 Å². The predicted molar refractivity (Wildman–Crippen MR) is 127 cm³/mol. The Morgan fingerprint density at radius 3 is 2.52 bits per heavy atom. The summed E-state index contributed by atoms with van der Waals surface area (Å²) in [6, 6.07) is 15.2. The van der Waals surface area contributed by atoms with Gasteiger partial charge < -0.3 is 4.98 Å². The van der Waals surface area contributed by atoms with Gasteiger partial charge in [0.05, 0.1) is 52.4 Å². The number of aryl methyl sites for hydroxylation is 1. The number of imidazole rings is 1. The molecule has 2 N–H and O–H groups in total. The van der Waals surface area contributed by atoms with E-state index in [1.165, 1.54) is 12.1 Å². The smallest absolute Gasteiger partial charge is 0.261 e. The van der Waals surface area contributed by atoms with Crippen molar-refractivity contribution in [2.45, 2.75) is 11.8 Å². The third-order valence-corrected chi connectivity index (χ3v) is 7.67. The van der Waals surface area contributed by atoms with Gasteiger partial charge in [-0.1, -0.05) is 29.3 Å². The highest BCUT2D eigenvalue weighted by molar-refractivity contribution is 7.92. The van der Waals surface area contributed by atoms with Crippen molar-refractivity contribution in [1.29, 1.82) is 0 Å². The molecule has 0 spiro atoms. The molecule has 5 rings (SSSR count). The van der Waals surface area contributed by atoms with Crippen LogP contribution in [0.2, 0.25) is 10.0 Å². The first kappa shape index (κ1) is 20.3. The van der Waals surface area contributed by atoms with Crippen LogP contribution in [0.25, 0.3) is 32.6 Å². The molecule has 0 saturated heterocycles. The quantitative estimate of drug-likeness (QED) is 0.312. The Hall–Kier alpha value is -2.65. The van der Waals surface area contributed by atoms with E-state index in [1.54, 1.807) is 47.7 Å². The van der Waals surface area contributed by atoms with E-state index in [9.17, 15) is 8.42 Å². The highest BCUT2D eigenvalue weighted by atomic mass is 35.5. The van der Waals surface area contributed by atoms with Gasteiger partial charge in [-0.05, 0) is 55.5 Å². The number of halogens is 2. The first-order valence-corrected chi connectivity index (χ1v) is 12.2. The van der Waals surface area contributed by atoms with Crippen LogP contribution < -0.4 is 4.72 Å². The van der Waals surface area contributed by atoms with Gasteiger partial charge in [0, 0.05) is 0 Å². The first-order valence-electron chi connectivity index (χ1n) is 9.14. The van der Waals surface area contributed by atoms with E-state index in [-0.39, 0.29) is 4.90 Å². The summed E-state index contributed by atoms with van der Waals surface area (Å²) in [4.78, 5) is 12.1. The van der Waals surface area contributed by atoms with E-state index >= 15 is 0 Å². The molecule has 156 valence electrons. The molecule has 2 aromatic heterocycles. The van der Waals surface area contributed by atoms with Gasteiger partial charge in [0.15, 0.2) is 0 Å². The van der Waals surface area contributed by atoms with Crippen LogP contribution in [0.4, 0.5) is 5.69 Å². The highest BCUT2D eigenvalue weighted by Gasteiger charge is 2.18. The zero-order valence-corrected chi connectivity index (χ0v) is 19.1. The summed E-state index contributed by atoms with van der Waals surface area (Å²) in [5.41, 5.74) is 2.93. The van der Waals surface area contributed by atoms with Crippen molar-refractivity contribution in [2.24, 2.45) is 0 Å². The van der Waals surface area contributed by atoms with Crippen LogP contribution in [0.15, 0.2) is 59.5 Å². The van der Waals surface area contributed by atoms with Gasteiger partial charge in [-0.15, -0.1) is 11.3 Å². The van der Waals surface area contributed by atoms with Crippen molar-refractivity contribution in [3.05, 3.63) is 69.7 Å². The molecule has 6 nitrogen and oxygen atoms in total. The fourth-order valence-corrected chi connectivity index (χ4v) is 5.78. The van der Waals surface area contributed by atoms with Crippen molar-refractivity contribution < 1.29 is 8.42 Å². The van der Waals surface area contributed by atoms with Crippen LogP contribution in [0.5, 0.6) is 0 Å². The third kappa shape index (κ3) is 3.76. The molecule has 3 aromatic carbocycles. The number of benzene rings is 3. The van der Waals surface area contributed by atoms with E-state index in [0.29, 0.717) is 38.2 Å². The number of nitrogens with zero attached hydrogens (tertiary/aromatic N) is 2. The lowest BCUT2D eigenvalue weighted by molar-refractivity contribution is 0.601. The lowest BCUT2D eigenvalue weighted by Crippen LogP contribution is -2.12. The summed E-state index contributed by atoms with van der Waals surface area (Å²) < 4.78 is 29.6. The highest BCUT2D eigenvalue weighted by Crippen LogP contribution is 2.34. The fourth-order valence-electron chi connectivity index (χ4n) is 3.32. The summed E-state index contributed by atoms with van der Waals surface area (Å²) in [6.45, 7) is 1.91. The molecule has 0 unspecified atom stereocenters. The van der Waals surface area contributed by atoms with Crippen molar-refractivity contribution in [3.8, 4) is 11.4 Å². The maximum Gasteiger partial charge on any atom is 0.261 e. The van der Waals surface area contributed by atoms with Gasteiger partial charge in [0.25, 0.3) is 10.0 Å². The van der Waals surface area contributed by atoms with Gasteiger partial charge in [-0.3, -0.25) is 4.72 Å². The molecule has 0 aliphatic carbocycles. The Bertz CT molecular complexity index is 1560. The number of rotatable bonds is 4. The maximum atomic E-state index is 13.0. The molecule has 0 atom stereocenters. The second-order valence-corrected chi connectivity index (χ2v) is 10.6. The number of nitrogens with one attached hydrogen (secondary N) is 2. The maximum absolute atomic E-state index is 13.0. The van der Waals surface area contributed by atoms with E-state index < -0.39 is 10.0 Å². The number of sulfonamides is 1. The minimum atomic E-state index is -3.81. The molecule has 10 heteroatoms. The summed E-state index contributed by atoms with van der Waals surface area (Å²) in [6.07, 6.45) is 0. The zero-order chi connectivity index (χ0) is 21.8. The monoisotopic (exact) mass is 488 g/mol. The van der Waals surface area contributed by atoms with Crippen molar-refractivity contribution in [2.75, 3.05) is 4.72 Å². The van der Waals surface area contributed by atoms with Gasteiger partial charge in [-0.2, -0.15) is 0 Å². The molecular weight excluding hydrogens is 475 g/mol. The third-order valence-electron chi connectivity index (χ3n) is 4.71. The Morgan fingerprint density at radius 2 is 1.74 bits per heavy atom. The molecular formula is C21H14Cl2N4O2S2. The molecule has 5 aromatic rings. The second-order valence-electron chi connectivity index (χ2n) is 6.88. The molecule has 2 heterocycles. The van der Waals surface area contributed by atoms with Gasteiger partial charge in [-0.25, -0.2) is 18.4 Å². The minimum Gasteiger partial charge on any atom is -0.338 e. The molecule has 31 heavy (non-hydrogen) atoms. The standard InChI is InChI=1S/C21H14Cl2N4O2S2/c1-11-24-18-9-12(5-8-19(18)30-11)27-31(28,29)13-6-7-16-17(10-13)26-21(25-16)20-14(22)3-2-4-15(20)23/h2-10,27H,1H3,(H,25,26). The normalized spacial score (nSPS) is 12.0. The van der Waals surface area contributed by atoms with E-state index in [4.69, 9.17) is 23.2 Å². The minimum absolute atomic E-state index is 0.106. The molecule has 0 amide bonds. The van der Waals surface area contributed by atoms with Crippen LogP contribution in [-0.4, -0.2) is 23.4 Å². The SMILES string of the molecule is Cc1nc2cc(NS(=O)(=O)c3ccc4nc(-c5c(Cl)cccc5Cl)[nH]c4c3)ccc2s1. The lowest BCUT2D eigenvalue weighted by Gasteiger charge is -2.08. The summed E-state index contributed by atoms with van der Waals surface area (Å²) >= 11 is 14.1. The average molecular weight is 489 g/mol. The predicted octanol–water partition coefficient (Wildman–Crippen LogP) is 6.26. The van der Waals surface area contributed by atoms with Crippen molar-refractivity contribution >= 4 is 71.5 Å². The van der Waals surface area contributed by atoms with Crippen LogP contribution in [0.3, 0.4) is 0 Å². The Balaban J connectivity index is 1.51. The van der Waals surface area contributed by atoms with Crippen LogP contribution in [0.1, 0.15) is 5.01 Å². The summed E-state index contributed by atoms with van der Waals surface area (Å²) in [5, 5.41) is 1.83. The lowest BCUT2D eigenvalue weighted by atomic mass is 10.2. The summed E-state index contributed by atoms with van der Waals surface area (Å²) in [5.74, 6) is 0.470. The zero-order valence-electron chi connectivity index (χ0n) is 16.0. The van der Waals surface area contributed by atoms with Gasteiger partial charge in [0.1, 0.15) is 5.82 Å². The van der Waals surface area contributed by atoms with E-state index in [1.807, 2.05) is 13.0 Å². The van der Waals surface area contributed by atoms with Crippen LogP contribution in [0, 0.1) is 6.92 Å². The largest absolute Gasteiger partial charge is 0.338 e. The molecule has 0 aliphatic heterocycles. The number of aromatic amines is 1. The van der Waals surface area contributed by atoms with Gasteiger partial charge >= 0.3 is 0 Å². The average Bonchev–Trinajstić information content (AvgIpc) is 3.28. The van der Waals surface area contributed by atoms with Crippen molar-refractivity contribution in [3.63, 3.8) is 0 Å². The Kier molecular flexibility index (Phi) is 4.90. The van der Waals surface area contributed by atoms with Crippen LogP contribution >= 0.6 is 34.5 Å². The Morgan fingerprint density at radius 1 is 0.968 bits per heavy atom. The van der Waals surface area contributed by atoms with Gasteiger partial charge in [0.2, 0.25) is 0 Å². The first-order chi connectivity index (χ1) is 14.8. The van der Waals surface area contributed by atoms with Crippen molar-refractivity contribution in [1.82, 2.24) is 15.0 Å². The molecule has 0 bridgehead atoms. The second kappa shape index (κ2) is 7.49. The molecule has 0 aliphatic rings. The molecule has 0 fully saturated rings. The van der Waals surface area contributed by atoms with E-state index in [2.05, 4.69) is 19.7 Å². The number of anilines is 1. The topological polar surface area (TPSA) is 87.7 Å². The number of hydrogen-bond donors (Lipinski definition) is 2. The van der Waals surface area contributed by atoms with E-state index in [0.717, 1.165) is 15.2 Å². The van der Waals surface area contributed by atoms with Crippen LogP contribution in [-0.2, 0) is 10.0 Å². The molecule has 0 radical (unpaired) electrons. The number of fused-ring (bicyclic) bond motifs is 2. The molecule has 0 saturated carbocycles. The number of aromatic nitrogens is 3. The number of thiazole rings is 1.